The summed E-state index contributed by atoms with van der Waals surface area (Å²) in [5, 5.41) is 3.14. The van der Waals surface area contributed by atoms with Crippen LogP contribution in [0, 0.1) is 5.92 Å². The number of fused-ring (bicyclic) bond motifs is 1. The van der Waals surface area contributed by atoms with Gasteiger partial charge in [-0.3, -0.25) is 9.78 Å². The lowest BCUT2D eigenvalue weighted by molar-refractivity contribution is -0.123. The molecule has 1 aromatic rings. The molecule has 0 aliphatic heterocycles. The van der Waals surface area contributed by atoms with Gasteiger partial charge in [0.25, 0.3) is 0 Å². The van der Waals surface area contributed by atoms with Crippen molar-refractivity contribution in [2.45, 2.75) is 38.1 Å². The fraction of sp³-hybridized carbons (Fsp3) is 0.538. The van der Waals surface area contributed by atoms with Crippen molar-refractivity contribution >= 4 is 5.91 Å². The molecule has 0 saturated heterocycles. The minimum atomic E-state index is 0.151. The van der Waals surface area contributed by atoms with E-state index in [9.17, 15) is 4.79 Å². The molecule has 1 amide bonds. The molecule has 0 aromatic carbocycles. The third-order valence-corrected chi connectivity index (χ3v) is 3.46. The maximum Gasteiger partial charge on any atom is 0.223 e. The van der Waals surface area contributed by atoms with Crippen LogP contribution in [0.25, 0.3) is 0 Å². The van der Waals surface area contributed by atoms with Crippen LogP contribution in [0.1, 0.15) is 43.0 Å². The molecule has 3 heteroatoms. The van der Waals surface area contributed by atoms with E-state index in [0.29, 0.717) is 0 Å². The molecule has 1 N–H and O–H groups in total. The maximum absolute atomic E-state index is 11.7. The summed E-state index contributed by atoms with van der Waals surface area (Å²) in [4.78, 5) is 16.2. The second-order valence-corrected chi connectivity index (χ2v) is 4.78. The molecule has 3 rings (SSSR count). The van der Waals surface area contributed by atoms with Gasteiger partial charge in [0, 0.05) is 12.1 Å². The van der Waals surface area contributed by atoms with Gasteiger partial charge in [0.05, 0.1) is 11.7 Å². The number of nitrogens with one attached hydrogen (secondary N) is 1. The average molecular weight is 216 g/mol. The Bertz CT molecular complexity index is 412. The third-order valence-electron chi connectivity index (χ3n) is 3.46. The summed E-state index contributed by atoms with van der Waals surface area (Å²) in [6.07, 6.45) is 7.22. The van der Waals surface area contributed by atoms with Crippen molar-refractivity contribution in [3.63, 3.8) is 0 Å². The highest BCUT2D eigenvalue weighted by molar-refractivity contribution is 5.81. The topological polar surface area (TPSA) is 42.0 Å². The highest BCUT2D eigenvalue weighted by atomic mass is 16.2. The Hall–Kier alpha value is -1.38. The van der Waals surface area contributed by atoms with Crippen molar-refractivity contribution in [1.82, 2.24) is 10.3 Å². The standard InChI is InChI=1S/C13H16N2O/c16-13(10-6-7-10)15-11-5-1-3-9-4-2-8-14-12(9)11/h2,4,8,10-11H,1,3,5-7H2,(H,15,16)/t11-/m1/s1. The Morgan fingerprint density at radius 1 is 1.38 bits per heavy atom. The predicted molar refractivity (Wildman–Crippen MR) is 60.8 cm³/mol. The van der Waals surface area contributed by atoms with E-state index >= 15 is 0 Å². The van der Waals surface area contributed by atoms with Crippen molar-refractivity contribution in [2.24, 2.45) is 5.92 Å². The Kier molecular flexibility index (Phi) is 2.39. The van der Waals surface area contributed by atoms with Crippen molar-refractivity contribution in [2.75, 3.05) is 0 Å². The van der Waals surface area contributed by atoms with Crippen LogP contribution in [0.5, 0.6) is 0 Å². The molecular formula is C13H16N2O. The van der Waals surface area contributed by atoms with Crippen LogP contribution in [0.4, 0.5) is 0 Å². The van der Waals surface area contributed by atoms with Gasteiger partial charge < -0.3 is 5.32 Å². The first-order valence-electron chi connectivity index (χ1n) is 6.09. The molecule has 2 aliphatic carbocycles. The number of amides is 1. The van der Waals surface area contributed by atoms with E-state index in [1.54, 1.807) is 0 Å². The molecule has 0 bridgehead atoms. The number of rotatable bonds is 2. The number of carbonyl (C=O) groups excluding carboxylic acids is 1. The largest absolute Gasteiger partial charge is 0.347 e. The predicted octanol–water partition coefficient (Wildman–Crippen LogP) is 1.99. The summed E-state index contributed by atoms with van der Waals surface area (Å²) in [6, 6.07) is 4.25. The molecule has 1 atom stereocenters. The molecule has 1 fully saturated rings. The molecule has 16 heavy (non-hydrogen) atoms. The van der Waals surface area contributed by atoms with Crippen LogP contribution in [0.2, 0.25) is 0 Å². The minimum absolute atomic E-state index is 0.151. The zero-order valence-corrected chi connectivity index (χ0v) is 9.28. The van der Waals surface area contributed by atoms with E-state index in [2.05, 4.69) is 16.4 Å². The SMILES string of the molecule is O=C(N[C@@H]1CCCc2cccnc21)C1CC1. The second-order valence-electron chi connectivity index (χ2n) is 4.78. The molecule has 2 aliphatic rings. The number of hydrogen-bond acceptors (Lipinski definition) is 2. The molecule has 84 valence electrons. The third kappa shape index (κ3) is 1.82. The number of aryl methyl sites for hydroxylation is 1. The number of pyridine rings is 1. The Labute approximate surface area is 95.3 Å². The van der Waals surface area contributed by atoms with Crippen LogP contribution < -0.4 is 5.32 Å². The average Bonchev–Trinajstić information content (AvgIpc) is 3.13. The Balaban J connectivity index is 1.78. The quantitative estimate of drug-likeness (QED) is 0.821. The highest BCUT2D eigenvalue weighted by Crippen LogP contribution is 2.32. The fourth-order valence-corrected chi connectivity index (χ4v) is 2.38. The molecule has 1 heterocycles. The molecule has 0 spiro atoms. The second kappa shape index (κ2) is 3.89. The number of hydrogen-bond donors (Lipinski definition) is 1. The van der Waals surface area contributed by atoms with Crippen LogP contribution in [0.3, 0.4) is 0 Å². The molecule has 3 nitrogen and oxygen atoms in total. The van der Waals surface area contributed by atoms with E-state index in [1.165, 1.54) is 5.56 Å². The minimum Gasteiger partial charge on any atom is -0.347 e. The van der Waals surface area contributed by atoms with Crippen molar-refractivity contribution in [1.29, 1.82) is 0 Å². The first-order chi connectivity index (χ1) is 7.84. The lowest BCUT2D eigenvalue weighted by atomic mass is 9.92. The first kappa shape index (κ1) is 9.82. The van der Waals surface area contributed by atoms with Crippen molar-refractivity contribution in [3.05, 3.63) is 29.6 Å². The van der Waals surface area contributed by atoms with E-state index in [1.807, 2.05) is 12.3 Å². The normalized spacial score (nSPS) is 23.6. The summed E-state index contributed by atoms with van der Waals surface area (Å²) in [6.45, 7) is 0. The summed E-state index contributed by atoms with van der Waals surface area (Å²) < 4.78 is 0. The molecule has 0 unspecified atom stereocenters. The maximum atomic E-state index is 11.7. The molecular weight excluding hydrogens is 200 g/mol. The summed E-state index contributed by atoms with van der Waals surface area (Å²) >= 11 is 0. The summed E-state index contributed by atoms with van der Waals surface area (Å²) in [5.74, 6) is 0.512. The van der Waals surface area contributed by atoms with E-state index in [0.717, 1.165) is 37.8 Å². The lowest BCUT2D eigenvalue weighted by Crippen LogP contribution is -2.32. The molecule has 1 saturated carbocycles. The van der Waals surface area contributed by atoms with Gasteiger partial charge in [-0.05, 0) is 43.7 Å². The van der Waals surface area contributed by atoms with E-state index in [4.69, 9.17) is 0 Å². The van der Waals surface area contributed by atoms with Gasteiger partial charge in [0.2, 0.25) is 5.91 Å². The van der Waals surface area contributed by atoms with Gasteiger partial charge >= 0.3 is 0 Å². The van der Waals surface area contributed by atoms with Gasteiger partial charge in [-0.15, -0.1) is 0 Å². The van der Waals surface area contributed by atoms with Gasteiger partial charge in [-0.25, -0.2) is 0 Å². The zero-order valence-electron chi connectivity index (χ0n) is 9.28. The zero-order chi connectivity index (χ0) is 11.0. The summed E-state index contributed by atoms with van der Waals surface area (Å²) in [5.41, 5.74) is 2.39. The van der Waals surface area contributed by atoms with E-state index in [-0.39, 0.29) is 17.9 Å². The van der Waals surface area contributed by atoms with E-state index < -0.39 is 0 Å². The van der Waals surface area contributed by atoms with Gasteiger partial charge in [-0.1, -0.05) is 6.07 Å². The Morgan fingerprint density at radius 3 is 3.06 bits per heavy atom. The van der Waals surface area contributed by atoms with Gasteiger partial charge in [-0.2, -0.15) is 0 Å². The van der Waals surface area contributed by atoms with Crippen LogP contribution in [-0.4, -0.2) is 10.9 Å². The lowest BCUT2D eigenvalue weighted by Gasteiger charge is -2.25. The van der Waals surface area contributed by atoms with Crippen LogP contribution >= 0.6 is 0 Å². The Morgan fingerprint density at radius 2 is 2.25 bits per heavy atom. The molecule has 1 aromatic heterocycles. The number of nitrogens with zero attached hydrogens (tertiary/aromatic N) is 1. The van der Waals surface area contributed by atoms with Crippen LogP contribution in [0.15, 0.2) is 18.3 Å². The van der Waals surface area contributed by atoms with Crippen molar-refractivity contribution in [3.8, 4) is 0 Å². The summed E-state index contributed by atoms with van der Waals surface area (Å²) in [7, 11) is 0. The number of aromatic nitrogens is 1. The van der Waals surface area contributed by atoms with Gasteiger partial charge in [0.1, 0.15) is 0 Å². The smallest absolute Gasteiger partial charge is 0.223 e. The molecule has 0 radical (unpaired) electrons. The number of carbonyl (C=O) groups is 1. The van der Waals surface area contributed by atoms with Crippen LogP contribution in [-0.2, 0) is 11.2 Å². The van der Waals surface area contributed by atoms with Gasteiger partial charge in [0.15, 0.2) is 0 Å². The monoisotopic (exact) mass is 216 g/mol. The first-order valence-corrected chi connectivity index (χ1v) is 6.09. The highest BCUT2D eigenvalue weighted by Gasteiger charge is 2.32. The van der Waals surface area contributed by atoms with Crippen molar-refractivity contribution < 1.29 is 4.79 Å². The fourth-order valence-electron chi connectivity index (χ4n) is 2.38.